The topological polar surface area (TPSA) is 76.9 Å². The lowest BCUT2D eigenvalue weighted by Crippen LogP contribution is -2.36. The van der Waals surface area contributed by atoms with E-state index in [0.717, 1.165) is 28.8 Å². The van der Waals surface area contributed by atoms with E-state index in [1.54, 1.807) is 4.68 Å². The Morgan fingerprint density at radius 2 is 1.85 bits per heavy atom. The van der Waals surface area contributed by atoms with Crippen molar-refractivity contribution in [2.45, 2.75) is 44.8 Å². The van der Waals surface area contributed by atoms with E-state index in [9.17, 15) is 14.0 Å². The second kappa shape index (κ2) is 8.51. The maximum absolute atomic E-state index is 13.3. The summed E-state index contributed by atoms with van der Waals surface area (Å²) in [6.45, 7) is 6.22. The Balaban J connectivity index is 1.47. The number of hydrogen-bond acceptors (Lipinski definition) is 6. The van der Waals surface area contributed by atoms with Crippen LogP contribution in [-0.4, -0.2) is 32.1 Å². The molecule has 0 radical (unpaired) electrons. The number of hydrogen-bond donors (Lipinski definition) is 1. The highest BCUT2D eigenvalue weighted by Gasteiger charge is 2.41. The number of nitrogens with one attached hydrogen (secondary N) is 1. The summed E-state index contributed by atoms with van der Waals surface area (Å²) in [7, 11) is 0. The van der Waals surface area contributed by atoms with Crippen molar-refractivity contribution >= 4 is 29.3 Å². The minimum Gasteiger partial charge on any atom is -0.328 e. The van der Waals surface area contributed by atoms with E-state index in [1.165, 1.54) is 36.0 Å². The molecule has 174 valence electrons. The fourth-order valence-electron chi connectivity index (χ4n) is 4.56. The van der Waals surface area contributed by atoms with E-state index in [-0.39, 0.29) is 34.6 Å². The maximum atomic E-state index is 13.3. The van der Waals surface area contributed by atoms with Crippen molar-refractivity contribution in [1.29, 1.82) is 0 Å². The Hall–Kier alpha value is -3.26. The van der Waals surface area contributed by atoms with Gasteiger partial charge in [0.25, 0.3) is 0 Å². The van der Waals surface area contributed by atoms with Crippen molar-refractivity contribution in [3.05, 3.63) is 82.3 Å². The number of aromatic nitrogens is 3. The Kier molecular flexibility index (Phi) is 5.64. The van der Waals surface area contributed by atoms with Gasteiger partial charge in [0.2, 0.25) is 11.1 Å². The van der Waals surface area contributed by atoms with E-state index in [2.05, 4.69) is 29.2 Å². The number of thioether (sulfide) groups is 1. The van der Waals surface area contributed by atoms with Crippen LogP contribution in [0.25, 0.3) is 0 Å². The molecule has 0 amide bonds. The first-order chi connectivity index (χ1) is 16.2. The van der Waals surface area contributed by atoms with Gasteiger partial charge in [0.05, 0.1) is 5.75 Å². The average Bonchev–Trinajstić information content (AvgIpc) is 3.19. The lowest BCUT2D eigenvalue weighted by molar-refractivity contribution is -0.118. The number of rotatable bonds is 5. The molecule has 1 aliphatic heterocycles. The molecule has 3 aromatic rings. The Labute approximate surface area is 201 Å². The van der Waals surface area contributed by atoms with Crippen LogP contribution in [0.3, 0.4) is 0 Å². The fourth-order valence-corrected chi connectivity index (χ4v) is 5.28. The van der Waals surface area contributed by atoms with Crippen LogP contribution in [0.2, 0.25) is 0 Å². The molecule has 2 aromatic carbocycles. The van der Waals surface area contributed by atoms with Crippen molar-refractivity contribution in [3.8, 4) is 0 Å². The van der Waals surface area contributed by atoms with Gasteiger partial charge in [-0.1, -0.05) is 55.4 Å². The van der Waals surface area contributed by atoms with Crippen LogP contribution in [0.1, 0.15) is 54.2 Å². The number of benzene rings is 2. The summed E-state index contributed by atoms with van der Waals surface area (Å²) in [4.78, 5) is 30.4. The molecule has 0 saturated carbocycles. The molecule has 0 saturated heterocycles. The van der Waals surface area contributed by atoms with Gasteiger partial charge in [0.1, 0.15) is 11.9 Å². The van der Waals surface area contributed by atoms with E-state index in [1.807, 2.05) is 31.2 Å². The Bertz CT molecular complexity index is 1310. The molecule has 1 unspecified atom stereocenters. The predicted molar refractivity (Wildman–Crippen MR) is 129 cm³/mol. The second-order valence-electron chi connectivity index (χ2n) is 9.65. The van der Waals surface area contributed by atoms with Crippen LogP contribution in [0.4, 0.5) is 10.3 Å². The summed E-state index contributed by atoms with van der Waals surface area (Å²) >= 11 is 1.22. The van der Waals surface area contributed by atoms with Crippen LogP contribution in [-0.2, 0) is 4.79 Å². The minimum absolute atomic E-state index is 0.117. The first-order valence-electron chi connectivity index (χ1n) is 11.2. The third-order valence-electron chi connectivity index (χ3n) is 6.20. The highest BCUT2D eigenvalue weighted by molar-refractivity contribution is 7.99. The summed E-state index contributed by atoms with van der Waals surface area (Å²) < 4.78 is 14.9. The lowest BCUT2D eigenvalue weighted by Gasteiger charge is -2.38. The molecule has 1 atom stereocenters. The molecule has 1 aromatic heterocycles. The summed E-state index contributed by atoms with van der Waals surface area (Å²) in [5, 5.41) is 8.48. The molecule has 0 bridgehead atoms. The number of halogens is 1. The number of allylic oxidation sites excluding steroid dienone is 2. The molecular weight excluding hydrogens is 451 g/mol. The maximum Gasteiger partial charge on any atom is 0.227 e. The summed E-state index contributed by atoms with van der Waals surface area (Å²) in [6.07, 6.45) is 1.22. The third kappa shape index (κ3) is 4.30. The van der Waals surface area contributed by atoms with Crippen molar-refractivity contribution < 1.29 is 14.0 Å². The summed E-state index contributed by atoms with van der Waals surface area (Å²) in [5.74, 6) is 0.298. The number of carbonyl (C=O) groups excluding carboxylic acids is 2. The van der Waals surface area contributed by atoms with Crippen LogP contribution >= 0.6 is 11.8 Å². The van der Waals surface area contributed by atoms with E-state index in [0.29, 0.717) is 23.1 Å². The van der Waals surface area contributed by atoms with Crippen molar-refractivity contribution in [3.63, 3.8) is 0 Å². The Morgan fingerprint density at radius 1 is 1.15 bits per heavy atom. The smallest absolute Gasteiger partial charge is 0.227 e. The van der Waals surface area contributed by atoms with Gasteiger partial charge in [-0.05, 0) is 48.6 Å². The zero-order valence-corrected chi connectivity index (χ0v) is 20.1. The van der Waals surface area contributed by atoms with E-state index in [4.69, 9.17) is 0 Å². The molecule has 6 nitrogen and oxygen atoms in total. The summed E-state index contributed by atoms with van der Waals surface area (Å²) in [5.41, 5.74) is 4.04. The molecule has 0 fully saturated rings. The van der Waals surface area contributed by atoms with Crippen molar-refractivity contribution in [2.24, 2.45) is 5.41 Å². The largest absolute Gasteiger partial charge is 0.328 e. The number of aryl methyl sites for hydroxylation is 1. The first-order valence-corrected chi connectivity index (χ1v) is 12.2. The van der Waals surface area contributed by atoms with Gasteiger partial charge < -0.3 is 5.32 Å². The van der Waals surface area contributed by atoms with Gasteiger partial charge in [-0.3, -0.25) is 9.59 Å². The normalized spacial score (nSPS) is 18.8. The minimum atomic E-state index is -0.380. The number of fused-ring (bicyclic) bond motifs is 1. The number of ketones is 2. The van der Waals surface area contributed by atoms with E-state index >= 15 is 0 Å². The molecule has 2 aliphatic rings. The fraction of sp³-hybridized carbons (Fsp3) is 0.308. The zero-order valence-electron chi connectivity index (χ0n) is 19.3. The molecule has 1 N–H and O–H groups in total. The van der Waals surface area contributed by atoms with Crippen molar-refractivity contribution in [2.75, 3.05) is 11.1 Å². The standard InChI is InChI=1S/C26H25FN4O2S/c1-15-4-6-17(7-5-15)23-22-19(12-26(2,3)13-20(22)32)28-24-29-25(30-31(23)24)34-14-21(33)16-8-10-18(27)11-9-16/h4-11,23H,12-14H2,1-3H3,(H,28,29,30). The number of carbonyl (C=O) groups is 2. The van der Waals surface area contributed by atoms with Crippen LogP contribution in [0.15, 0.2) is 65.0 Å². The van der Waals surface area contributed by atoms with Gasteiger partial charge >= 0.3 is 0 Å². The average molecular weight is 477 g/mol. The molecule has 5 rings (SSSR count). The Morgan fingerprint density at radius 3 is 2.56 bits per heavy atom. The second-order valence-corrected chi connectivity index (χ2v) is 10.6. The molecular formula is C26H25FN4O2S. The molecule has 1 aliphatic carbocycles. The molecule has 34 heavy (non-hydrogen) atoms. The van der Waals surface area contributed by atoms with Crippen molar-refractivity contribution in [1.82, 2.24) is 14.8 Å². The molecule has 8 heteroatoms. The lowest BCUT2D eigenvalue weighted by atomic mass is 9.73. The van der Waals surface area contributed by atoms with E-state index < -0.39 is 0 Å². The monoisotopic (exact) mass is 476 g/mol. The first kappa shape index (κ1) is 22.5. The molecule has 0 spiro atoms. The predicted octanol–water partition coefficient (Wildman–Crippen LogP) is 5.36. The van der Waals surface area contributed by atoms with Crippen LogP contribution in [0.5, 0.6) is 0 Å². The third-order valence-corrected chi connectivity index (χ3v) is 7.04. The van der Waals surface area contributed by atoms with Gasteiger partial charge in [-0.25, -0.2) is 9.07 Å². The van der Waals surface area contributed by atoms with Gasteiger partial charge in [0.15, 0.2) is 11.6 Å². The number of Topliss-reactive ketones (excluding diaryl/α,β-unsaturated/α-hetero) is 2. The van der Waals surface area contributed by atoms with Gasteiger partial charge in [-0.15, -0.1) is 5.10 Å². The summed E-state index contributed by atoms with van der Waals surface area (Å²) in [6, 6.07) is 13.2. The van der Waals surface area contributed by atoms with Crippen LogP contribution < -0.4 is 5.32 Å². The SMILES string of the molecule is Cc1ccc(C2C3=C(CC(C)(C)CC3=O)Nc3nc(SCC(=O)c4ccc(F)cc4)nn32)cc1. The highest BCUT2D eigenvalue weighted by Crippen LogP contribution is 2.45. The highest BCUT2D eigenvalue weighted by atomic mass is 32.2. The number of anilines is 1. The zero-order chi connectivity index (χ0) is 24.0. The molecule has 2 heterocycles. The van der Waals surface area contributed by atoms with Gasteiger partial charge in [-0.2, -0.15) is 4.98 Å². The van der Waals surface area contributed by atoms with Gasteiger partial charge in [0, 0.05) is 23.3 Å². The quantitative estimate of drug-likeness (QED) is 0.395. The van der Waals surface area contributed by atoms with Crippen LogP contribution in [0, 0.1) is 18.2 Å². The number of nitrogens with zero attached hydrogens (tertiary/aromatic N) is 3.